The van der Waals surface area contributed by atoms with Crippen molar-refractivity contribution in [1.82, 2.24) is 0 Å². The smallest absolute Gasteiger partial charge is 0.269 e. The van der Waals surface area contributed by atoms with E-state index in [0.29, 0.717) is 0 Å². The van der Waals surface area contributed by atoms with Crippen molar-refractivity contribution in [3.8, 4) is 0 Å². The summed E-state index contributed by atoms with van der Waals surface area (Å²) in [7, 11) is -2.21. The molecule has 0 unspecified atom stereocenters. The molecule has 0 aliphatic rings. The van der Waals surface area contributed by atoms with Crippen LogP contribution in [0.5, 0.6) is 0 Å². The van der Waals surface area contributed by atoms with Crippen molar-refractivity contribution in [2.24, 2.45) is 0 Å². The van der Waals surface area contributed by atoms with Crippen LogP contribution in [-0.4, -0.2) is 18.0 Å². The van der Waals surface area contributed by atoms with Gasteiger partial charge in [-0.15, -0.1) is 0 Å². The van der Waals surface area contributed by atoms with Crippen LogP contribution < -0.4 is 0 Å². The van der Waals surface area contributed by atoms with Crippen molar-refractivity contribution >= 4 is 14.0 Å². The zero-order valence-electron chi connectivity index (χ0n) is 11.4. The van der Waals surface area contributed by atoms with Crippen LogP contribution >= 0.6 is 0 Å². The molecule has 0 heterocycles. The van der Waals surface area contributed by atoms with Gasteiger partial charge in [0.05, 0.1) is 4.92 Å². The Hall–Kier alpha value is -1.20. The molecule has 1 aromatic carbocycles. The summed E-state index contributed by atoms with van der Waals surface area (Å²) in [6.45, 7) is 7.99. The van der Waals surface area contributed by atoms with Crippen molar-refractivity contribution in [2.75, 3.05) is 0 Å². The number of aryl methyl sites for hydroxylation is 1. The zero-order valence-corrected chi connectivity index (χ0v) is 12.4. The van der Waals surface area contributed by atoms with Gasteiger partial charge in [-0.3, -0.25) is 10.1 Å². The van der Waals surface area contributed by atoms with Crippen molar-refractivity contribution in [1.29, 1.82) is 0 Å². The van der Waals surface area contributed by atoms with Gasteiger partial charge in [-0.2, -0.15) is 0 Å². The summed E-state index contributed by atoms with van der Waals surface area (Å²) in [4.78, 5) is 20.5. The standard InChI is InChI=1S/C13H21NO3Si/c1-13(2,18(3,4)17)9-8-11-6-5-7-12(10-11)14(15)16/h5-7,10,17H,8-9H2,1-4H3. The number of hydrogen-bond donors (Lipinski definition) is 1. The third-order valence-electron chi connectivity index (χ3n) is 3.82. The van der Waals surface area contributed by atoms with E-state index in [1.165, 1.54) is 6.07 Å². The Kier molecular flexibility index (Phi) is 4.29. The fraction of sp³-hybridized carbons (Fsp3) is 0.538. The van der Waals surface area contributed by atoms with Crippen molar-refractivity contribution in [3.05, 3.63) is 39.9 Å². The Bertz CT molecular complexity index is 438. The van der Waals surface area contributed by atoms with E-state index in [1.54, 1.807) is 12.1 Å². The number of non-ortho nitro benzene ring substituents is 1. The Morgan fingerprint density at radius 3 is 2.50 bits per heavy atom. The lowest BCUT2D eigenvalue weighted by Gasteiger charge is -2.35. The van der Waals surface area contributed by atoms with Crippen LogP contribution in [0.25, 0.3) is 0 Å². The molecule has 0 aliphatic carbocycles. The predicted molar refractivity (Wildman–Crippen MR) is 75.2 cm³/mol. The monoisotopic (exact) mass is 267 g/mol. The van der Waals surface area contributed by atoms with Crippen LogP contribution in [0.2, 0.25) is 18.1 Å². The SMILES string of the molecule is CC(C)(CCc1cccc([N+](=O)[O-])c1)[Si](C)(C)O. The molecule has 1 aromatic rings. The van der Waals surface area contributed by atoms with Gasteiger partial charge in [0, 0.05) is 12.1 Å². The highest BCUT2D eigenvalue weighted by Gasteiger charge is 2.37. The van der Waals surface area contributed by atoms with E-state index in [2.05, 4.69) is 13.8 Å². The Labute approximate surface area is 109 Å². The van der Waals surface area contributed by atoms with Crippen molar-refractivity contribution in [3.63, 3.8) is 0 Å². The van der Waals surface area contributed by atoms with Gasteiger partial charge < -0.3 is 4.80 Å². The fourth-order valence-corrected chi connectivity index (χ4v) is 2.33. The van der Waals surface area contributed by atoms with Gasteiger partial charge in [0.2, 0.25) is 0 Å². The second-order valence-electron chi connectivity index (χ2n) is 5.87. The van der Waals surface area contributed by atoms with E-state index in [9.17, 15) is 14.9 Å². The van der Waals surface area contributed by atoms with Gasteiger partial charge in [0.1, 0.15) is 0 Å². The highest BCUT2D eigenvalue weighted by atomic mass is 28.4. The molecule has 0 radical (unpaired) electrons. The van der Waals surface area contributed by atoms with Crippen LogP contribution in [0.15, 0.2) is 24.3 Å². The highest BCUT2D eigenvalue weighted by molar-refractivity contribution is 6.72. The molecule has 0 saturated heterocycles. The van der Waals surface area contributed by atoms with Gasteiger partial charge in [-0.25, -0.2) is 0 Å². The lowest BCUT2D eigenvalue weighted by molar-refractivity contribution is -0.384. The minimum absolute atomic E-state index is 0.0996. The molecule has 1 N–H and O–H groups in total. The molecule has 0 saturated carbocycles. The van der Waals surface area contributed by atoms with E-state index in [4.69, 9.17) is 0 Å². The lowest BCUT2D eigenvalue weighted by Crippen LogP contribution is -2.39. The maximum atomic E-state index is 10.7. The summed E-state index contributed by atoms with van der Waals surface area (Å²) in [5, 5.41) is 10.6. The average molecular weight is 267 g/mol. The highest BCUT2D eigenvalue weighted by Crippen LogP contribution is 2.39. The lowest BCUT2D eigenvalue weighted by atomic mass is 10.0. The molecule has 0 atom stereocenters. The molecule has 0 spiro atoms. The van der Waals surface area contributed by atoms with Crippen molar-refractivity contribution < 1.29 is 9.72 Å². The first-order valence-corrected chi connectivity index (χ1v) is 9.04. The third-order valence-corrected chi connectivity index (χ3v) is 7.38. The van der Waals surface area contributed by atoms with Gasteiger partial charge >= 0.3 is 0 Å². The second kappa shape index (κ2) is 5.20. The van der Waals surface area contributed by atoms with Crippen LogP contribution in [0, 0.1) is 10.1 Å². The molecule has 4 nitrogen and oxygen atoms in total. The quantitative estimate of drug-likeness (QED) is 0.504. The molecule has 0 fully saturated rings. The number of nitrogens with zero attached hydrogens (tertiary/aromatic N) is 1. The van der Waals surface area contributed by atoms with E-state index in [0.717, 1.165) is 18.4 Å². The largest absolute Gasteiger partial charge is 0.432 e. The van der Waals surface area contributed by atoms with Crippen LogP contribution in [0.3, 0.4) is 0 Å². The number of benzene rings is 1. The molecule has 100 valence electrons. The van der Waals surface area contributed by atoms with Crippen LogP contribution in [-0.2, 0) is 6.42 Å². The Morgan fingerprint density at radius 2 is 2.00 bits per heavy atom. The molecule has 0 aromatic heterocycles. The second-order valence-corrected chi connectivity index (χ2v) is 10.3. The molecule has 5 heteroatoms. The average Bonchev–Trinajstić information content (AvgIpc) is 2.25. The number of nitro groups is 1. The minimum Gasteiger partial charge on any atom is -0.432 e. The van der Waals surface area contributed by atoms with Gasteiger partial charge in [-0.05, 0) is 36.5 Å². The van der Waals surface area contributed by atoms with Crippen LogP contribution in [0.1, 0.15) is 25.8 Å². The molecule has 1 rings (SSSR count). The minimum atomic E-state index is -2.21. The van der Waals surface area contributed by atoms with Crippen molar-refractivity contribution in [2.45, 2.75) is 44.8 Å². The Balaban J connectivity index is 2.75. The summed E-state index contributed by atoms with van der Waals surface area (Å²) >= 11 is 0. The molecular formula is C13H21NO3Si. The molecule has 18 heavy (non-hydrogen) atoms. The maximum absolute atomic E-state index is 10.7. The summed E-state index contributed by atoms with van der Waals surface area (Å²) < 4.78 is 0. The van der Waals surface area contributed by atoms with Gasteiger partial charge in [-0.1, -0.05) is 26.0 Å². The number of nitro benzene ring substituents is 1. The maximum Gasteiger partial charge on any atom is 0.269 e. The number of rotatable bonds is 5. The van der Waals surface area contributed by atoms with Gasteiger partial charge in [0.25, 0.3) is 5.69 Å². The first kappa shape index (κ1) is 14.9. The molecule has 0 bridgehead atoms. The first-order chi connectivity index (χ1) is 8.13. The molecule has 0 amide bonds. The van der Waals surface area contributed by atoms with Crippen LogP contribution in [0.4, 0.5) is 5.69 Å². The Morgan fingerprint density at radius 1 is 1.39 bits per heavy atom. The predicted octanol–water partition coefficient (Wildman–Crippen LogP) is 3.51. The summed E-state index contributed by atoms with van der Waals surface area (Å²) in [5.41, 5.74) is 1.08. The fourth-order valence-electron chi connectivity index (χ4n) is 1.59. The summed E-state index contributed by atoms with van der Waals surface area (Å²) in [5.74, 6) is 0. The molecule has 0 aliphatic heterocycles. The zero-order chi connectivity index (χ0) is 14.0. The van der Waals surface area contributed by atoms with E-state index in [1.807, 2.05) is 19.2 Å². The summed E-state index contributed by atoms with van der Waals surface area (Å²) in [6.07, 6.45) is 1.59. The van der Waals surface area contributed by atoms with E-state index < -0.39 is 8.32 Å². The van der Waals surface area contributed by atoms with E-state index >= 15 is 0 Å². The normalized spacial score (nSPS) is 12.5. The number of hydrogen-bond acceptors (Lipinski definition) is 3. The topological polar surface area (TPSA) is 63.4 Å². The summed E-state index contributed by atoms with van der Waals surface area (Å²) in [6, 6.07) is 6.72. The first-order valence-electron chi connectivity index (χ1n) is 6.09. The third kappa shape index (κ3) is 3.65. The van der Waals surface area contributed by atoms with Gasteiger partial charge in [0.15, 0.2) is 8.32 Å². The molecular weight excluding hydrogens is 246 g/mol. The van der Waals surface area contributed by atoms with E-state index in [-0.39, 0.29) is 15.6 Å².